The van der Waals surface area contributed by atoms with Crippen LogP contribution in [0.1, 0.15) is 15.9 Å². The molecule has 0 bridgehead atoms. The van der Waals surface area contributed by atoms with Crippen LogP contribution in [0, 0.1) is 0 Å². The molecular weight excluding hydrogens is 451 g/mol. The second kappa shape index (κ2) is 10.7. The molecule has 0 fully saturated rings. The molecular formula is C24H22F3N3O4. The highest BCUT2D eigenvalue weighted by molar-refractivity contribution is 6.04. The summed E-state index contributed by atoms with van der Waals surface area (Å²) in [6.45, 7) is -0.670. The lowest BCUT2D eigenvalue weighted by molar-refractivity contribution is -0.137. The molecule has 0 aliphatic carbocycles. The Labute approximate surface area is 193 Å². The van der Waals surface area contributed by atoms with Gasteiger partial charge in [-0.05, 0) is 54.6 Å². The first-order chi connectivity index (χ1) is 16.2. The van der Waals surface area contributed by atoms with E-state index in [0.717, 1.165) is 12.1 Å². The van der Waals surface area contributed by atoms with Crippen LogP contribution in [0.25, 0.3) is 0 Å². The van der Waals surface area contributed by atoms with Gasteiger partial charge in [0.25, 0.3) is 5.91 Å². The van der Waals surface area contributed by atoms with E-state index in [-0.39, 0.29) is 16.9 Å². The Hall–Kier alpha value is -4.05. The van der Waals surface area contributed by atoms with E-state index in [1.807, 2.05) is 0 Å². The van der Waals surface area contributed by atoms with Gasteiger partial charge < -0.3 is 25.8 Å². The summed E-state index contributed by atoms with van der Waals surface area (Å²) >= 11 is 0. The van der Waals surface area contributed by atoms with Gasteiger partial charge in [0.1, 0.15) is 11.8 Å². The molecule has 4 N–H and O–H groups in total. The van der Waals surface area contributed by atoms with Crippen molar-refractivity contribution >= 4 is 28.9 Å². The van der Waals surface area contributed by atoms with E-state index >= 15 is 0 Å². The summed E-state index contributed by atoms with van der Waals surface area (Å²) in [5, 5.41) is 17.5. The third-order valence-electron chi connectivity index (χ3n) is 4.80. The molecule has 7 nitrogen and oxygen atoms in total. The summed E-state index contributed by atoms with van der Waals surface area (Å²) in [5.41, 5.74) is 0.0355. The van der Waals surface area contributed by atoms with Crippen LogP contribution >= 0.6 is 0 Å². The Morgan fingerprint density at radius 2 is 1.68 bits per heavy atom. The smallest absolute Gasteiger partial charge is 0.416 e. The molecule has 0 saturated heterocycles. The molecule has 0 radical (unpaired) electrons. The zero-order valence-corrected chi connectivity index (χ0v) is 18.0. The van der Waals surface area contributed by atoms with Crippen LogP contribution in [0.5, 0.6) is 5.75 Å². The molecule has 2 amide bonds. The van der Waals surface area contributed by atoms with Crippen molar-refractivity contribution in [3.05, 3.63) is 83.9 Å². The van der Waals surface area contributed by atoms with Crippen molar-refractivity contribution in [3.8, 4) is 5.75 Å². The van der Waals surface area contributed by atoms with Crippen LogP contribution in [0.15, 0.2) is 72.8 Å². The maximum atomic E-state index is 13.0. The largest absolute Gasteiger partial charge is 0.497 e. The van der Waals surface area contributed by atoms with Crippen LogP contribution in [0.3, 0.4) is 0 Å². The highest BCUT2D eigenvalue weighted by atomic mass is 19.4. The standard InChI is InChI=1S/C24H22F3N3O4/c1-34-18-11-9-16(10-12-18)29-23(33)21(14-31)30-22(32)19-7-2-3-8-20(19)28-17-6-4-5-15(13-17)24(25,26)27/h2-13,21,28,31H,14H2,1H3,(H,29,33)(H,30,32)/t21-/m0/s1. The van der Waals surface area contributed by atoms with Gasteiger partial charge in [0.2, 0.25) is 5.91 Å². The van der Waals surface area contributed by atoms with Gasteiger partial charge in [-0.1, -0.05) is 18.2 Å². The number of benzene rings is 3. The first kappa shape index (κ1) is 24.6. The van der Waals surface area contributed by atoms with Gasteiger partial charge in [-0.15, -0.1) is 0 Å². The number of methoxy groups -OCH3 is 1. The summed E-state index contributed by atoms with van der Waals surface area (Å²) in [7, 11) is 1.50. The number of rotatable bonds is 8. The van der Waals surface area contributed by atoms with Crippen LogP contribution < -0.4 is 20.7 Å². The Bertz CT molecular complexity index is 1150. The summed E-state index contributed by atoms with van der Waals surface area (Å²) in [5.74, 6) is -0.752. The van der Waals surface area contributed by atoms with Gasteiger partial charge in [0, 0.05) is 11.4 Å². The zero-order valence-electron chi connectivity index (χ0n) is 18.0. The van der Waals surface area contributed by atoms with E-state index < -0.39 is 36.2 Å². The molecule has 0 spiro atoms. The Kier molecular flexibility index (Phi) is 7.75. The van der Waals surface area contributed by atoms with Gasteiger partial charge >= 0.3 is 6.18 Å². The van der Waals surface area contributed by atoms with Crippen molar-refractivity contribution in [2.75, 3.05) is 24.4 Å². The van der Waals surface area contributed by atoms with E-state index in [1.54, 1.807) is 36.4 Å². The number of anilines is 3. The van der Waals surface area contributed by atoms with Gasteiger partial charge in [-0.3, -0.25) is 9.59 Å². The molecule has 0 unspecified atom stereocenters. The number of hydrogen-bond donors (Lipinski definition) is 4. The molecule has 0 saturated carbocycles. The predicted molar refractivity (Wildman–Crippen MR) is 121 cm³/mol. The number of carbonyl (C=O) groups excluding carboxylic acids is 2. The molecule has 34 heavy (non-hydrogen) atoms. The summed E-state index contributed by atoms with van der Waals surface area (Å²) in [6, 6.07) is 15.9. The van der Waals surface area contributed by atoms with Crippen molar-refractivity contribution < 1.29 is 32.6 Å². The number of amides is 2. The Morgan fingerprint density at radius 3 is 2.32 bits per heavy atom. The second-order valence-electron chi connectivity index (χ2n) is 7.18. The number of hydrogen-bond acceptors (Lipinski definition) is 5. The van der Waals surface area contributed by atoms with Crippen LogP contribution in [-0.4, -0.2) is 36.7 Å². The number of carbonyl (C=O) groups is 2. The minimum atomic E-state index is -4.51. The van der Waals surface area contributed by atoms with Gasteiger partial charge in [0.05, 0.1) is 30.5 Å². The fourth-order valence-corrected chi connectivity index (χ4v) is 3.05. The highest BCUT2D eigenvalue weighted by Crippen LogP contribution is 2.32. The van der Waals surface area contributed by atoms with Gasteiger partial charge in [0.15, 0.2) is 0 Å². The SMILES string of the molecule is COc1ccc(NC(=O)[C@H](CO)NC(=O)c2ccccc2Nc2cccc(C(F)(F)F)c2)cc1. The lowest BCUT2D eigenvalue weighted by Crippen LogP contribution is -2.46. The topological polar surface area (TPSA) is 99.7 Å². The highest BCUT2D eigenvalue weighted by Gasteiger charge is 2.30. The quantitative estimate of drug-likeness (QED) is 0.393. The van der Waals surface area contributed by atoms with Crippen LogP contribution in [-0.2, 0) is 11.0 Å². The Balaban J connectivity index is 1.73. The molecule has 3 rings (SSSR count). The number of para-hydroxylation sites is 1. The van der Waals surface area contributed by atoms with Crippen LogP contribution in [0.4, 0.5) is 30.2 Å². The third-order valence-corrected chi connectivity index (χ3v) is 4.80. The summed E-state index contributed by atoms with van der Waals surface area (Å²) < 4.78 is 44.1. The normalized spacial score (nSPS) is 11.9. The molecule has 0 aromatic heterocycles. The molecule has 0 heterocycles. The minimum absolute atomic E-state index is 0.0793. The predicted octanol–water partition coefficient (Wildman–Crippen LogP) is 4.19. The number of aliphatic hydroxyl groups is 1. The first-order valence-corrected chi connectivity index (χ1v) is 10.1. The fourth-order valence-electron chi connectivity index (χ4n) is 3.05. The van der Waals surface area contributed by atoms with E-state index in [9.17, 15) is 27.9 Å². The van der Waals surface area contributed by atoms with E-state index in [1.165, 1.54) is 31.4 Å². The number of ether oxygens (including phenoxy) is 1. The lowest BCUT2D eigenvalue weighted by atomic mass is 10.1. The number of aliphatic hydroxyl groups excluding tert-OH is 1. The average Bonchev–Trinajstić information content (AvgIpc) is 2.82. The molecule has 10 heteroatoms. The number of alkyl halides is 3. The average molecular weight is 473 g/mol. The Morgan fingerprint density at radius 1 is 0.971 bits per heavy atom. The number of halogens is 3. The first-order valence-electron chi connectivity index (χ1n) is 10.1. The fraction of sp³-hybridized carbons (Fsp3) is 0.167. The maximum absolute atomic E-state index is 13.0. The van der Waals surface area contributed by atoms with Crippen molar-refractivity contribution in [1.82, 2.24) is 5.32 Å². The van der Waals surface area contributed by atoms with E-state index in [4.69, 9.17) is 4.74 Å². The number of nitrogens with one attached hydrogen (secondary N) is 3. The monoisotopic (exact) mass is 473 g/mol. The van der Waals surface area contributed by atoms with Crippen LogP contribution in [0.2, 0.25) is 0 Å². The van der Waals surface area contributed by atoms with Gasteiger partial charge in [-0.25, -0.2) is 0 Å². The summed E-state index contributed by atoms with van der Waals surface area (Å²) in [6.07, 6.45) is -4.51. The maximum Gasteiger partial charge on any atom is 0.416 e. The zero-order chi connectivity index (χ0) is 24.7. The molecule has 0 aliphatic heterocycles. The third kappa shape index (κ3) is 6.26. The van der Waals surface area contributed by atoms with Crippen molar-refractivity contribution in [2.45, 2.75) is 12.2 Å². The summed E-state index contributed by atoms with van der Waals surface area (Å²) in [4.78, 5) is 25.4. The van der Waals surface area contributed by atoms with Crippen molar-refractivity contribution in [3.63, 3.8) is 0 Å². The van der Waals surface area contributed by atoms with E-state index in [2.05, 4.69) is 16.0 Å². The molecule has 3 aromatic rings. The minimum Gasteiger partial charge on any atom is -0.497 e. The van der Waals surface area contributed by atoms with E-state index in [0.29, 0.717) is 11.4 Å². The van der Waals surface area contributed by atoms with Crippen molar-refractivity contribution in [2.24, 2.45) is 0 Å². The lowest BCUT2D eigenvalue weighted by Gasteiger charge is -2.18. The molecule has 178 valence electrons. The van der Waals surface area contributed by atoms with Gasteiger partial charge in [-0.2, -0.15) is 13.2 Å². The van der Waals surface area contributed by atoms with Crippen molar-refractivity contribution in [1.29, 1.82) is 0 Å². The molecule has 0 aliphatic rings. The molecule has 1 atom stereocenters. The second-order valence-corrected chi connectivity index (χ2v) is 7.18. The molecule has 3 aromatic carbocycles.